The smallest absolute Gasteiger partial charge is 0.364 e. The summed E-state index contributed by atoms with van der Waals surface area (Å²) in [4.78, 5) is 34.6. The van der Waals surface area contributed by atoms with Gasteiger partial charge in [-0.25, -0.2) is 9.59 Å². The van der Waals surface area contributed by atoms with Gasteiger partial charge in [-0.15, -0.1) is 0 Å². The minimum atomic E-state index is -2.76. The standard InChI is InChI=1S/C21H34O17/c22-7-11(25)16-14(29)10(24)6-21(37-16,19(33)34)36-8-12(26)17-15(30)9(23)5-20(38-17,18(31)32)35-4-2-1-3-13(27)28/h9-12,14-17,22-26,29-30H,1-8H2,(H,27,28)(H,31,32)(H,33,34)/t9-,10-,11-,12-,14-,15-,16-,17-,20-,21-/m1/s1. The lowest BCUT2D eigenvalue weighted by Gasteiger charge is -2.46. The molecule has 0 aromatic carbocycles. The van der Waals surface area contributed by atoms with Crippen LogP contribution in [0.5, 0.6) is 0 Å². The van der Waals surface area contributed by atoms with Crippen LogP contribution < -0.4 is 0 Å². The number of aliphatic carboxylic acids is 3. The van der Waals surface area contributed by atoms with Gasteiger partial charge in [-0.05, 0) is 12.8 Å². The number of hydrogen-bond acceptors (Lipinski definition) is 14. The van der Waals surface area contributed by atoms with E-state index in [1.165, 1.54) is 0 Å². The van der Waals surface area contributed by atoms with Crippen molar-refractivity contribution in [1.29, 1.82) is 0 Å². The molecule has 17 heteroatoms. The van der Waals surface area contributed by atoms with Crippen LogP contribution in [0.1, 0.15) is 32.1 Å². The highest BCUT2D eigenvalue weighted by atomic mass is 16.7. The third-order valence-electron chi connectivity index (χ3n) is 6.27. The maximum atomic E-state index is 12.0. The number of ether oxygens (including phenoxy) is 4. The molecule has 2 rings (SSSR count). The van der Waals surface area contributed by atoms with E-state index in [0.717, 1.165) is 0 Å². The van der Waals surface area contributed by atoms with Crippen LogP contribution >= 0.6 is 0 Å². The average Bonchev–Trinajstić information content (AvgIpc) is 2.85. The van der Waals surface area contributed by atoms with Gasteiger partial charge in [-0.3, -0.25) is 4.79 Å². The Balaban J connectivity index is 2.16. The van der Waals surface area contributed by atoms with Gasteiger partial charge >= 0.3 is 17.9 Å². The molecule has 0 amide bonds. The number of aliphatic hydroxyl groups is 7. The number of unbranched alkanes of at least 4 members (excludes halogenated alkanes) is 1. The van der Waals surface area contributed by atoms with Gasteiger partial charge in [0.15, 0.2) is 0 Å². The SMILES string of the molecule is O=C(O)CCCCO[C@]1(C(=O)O)C[C@@H](O)[C@@H](O)[C@@H]([C@H](O)CO[C@]2(C(=O)O)C[C@@H](O)[C@@H](O)[C@@H]([C@H](O)CO)O2)O1. The third-order valence-corrected chi connectivity index (χ3v) is 6.27. The summed E-state index contributed by atoms with van der Waals surface area (Å²) in [5.74, 6) is -9.97. The van der Waals surface area contributed by atoms with Crippen LogP contribution in [0.3, 0.4) is 0 Å². The van der Waals surface area contributed by atoms with Gasteiger partial charge in [-0.2, -0.15) is 0 Å². The van der Waals surface area contributed by atoms with Crippen molar-refractivity contribution in [2.45, 2.75) is 92.5 Å². The van der Waals surface area contributed by atoms with Crippen LogP contribution in [0.15, 0.2) is 0 Å². The topological polar surface area (TPSA) is 290 Å². The van der Waals surface area contributed by atoms with E-state index < -0.39 is 104 Å². The van der Waals surface area contributed by atoms with Crippen LogP contribution in [0.4, 0.5) is 0 Å². The summed E-state index contributed by atoms with van der Waals surface area (Å²) >= 11 is 0. The second kappa shape index (κ2) is 13.4. The monoisotopic (exact) mass is 558 g/mol. The maximum absolute atomic E-state index is 12.0. The summed E-state index contributed by atoms with van der Waals surface area (Å²) in [6.07, 6.45) is -16.5. The van der Waals surface area contributed by atoms with Crippen molar-refractivity contribution in [1.82, 2.24) is 0 Å². The zero-order valence-electron chi connectivity index (χ0n) is 20.1. The summed E-state index contributed by atoms with van der Waals surface area (Å²) in [6, 6.07) is 0. The first-order chi connectivity index (χ1) is 17.7. The van der Waals surface area contributed by atoms with Crippen LogP contribution in [0.25, 0.3) is 0 Å². The molecule has 10 N–H and O–H groups in total. The van der Waals surface area contributed by atoms with Crippen molar-refractivity contribution in [3.8, 4) is 0 Å². The number of carbonyl (C=O) groups is 3. The number of carboxylic acids is 3. The molecule has 2 saturated heterocycles. The molecule has 2 aliphatic rings. The number of carboxylic acid groups (broad SMARTS) is 3. The molecule has 38 heavy (non-hydrogen) atoms. The molecule has 0 aliphatic carbocycles. The molecular formula is C21H34O17. The lowest BCUT2D eigenvalue weighted by molar-refractivity contribution is -0.343. The molecule has 2 aliphatic heterocycles. The molecule has 2 heterocycles. The first-order valence-electron chi connectivity index (χ1n) is 11.7. The fourth-order valence-electron chi connectivity index (χ4n) is 4.14. The van der Waals surface area contributed by atoms with Crippen molar-refractivity contribution in [2.75, 3.05) is 19.8 Å². The Hall–Kier alpha value is -2.03. The first kappa shape index (κ1) is 32.2. The van der Waals surface area contributed by atoms with E-state index in [4.69, 9.17) is 29.2 Å². The molecule has 2 fully saturated rings. The quantitative estimate of drug-likeness (QED) is 0.0899. The Labute approximate surface area is 215 Å². The Morgan fingerprint density at radius 1 is 0.789 bits per heavy atom. The number of aliphatic hydroxyl groups excluding tert-OH is 7. The van der Waals surface area contributed by atoms with Gasteiger partial charge in [0.05, 0.1) is 32.0 Å². The Bertz CT molecular complexity index is 824. The molecule has 0 saturated carbocycles. The summed E-state index contributed by atoms with van der Waals surface area (Å²) in [7, 11) is 0. The molecule has 17 nitrogen and oxygen atoms in total. The number of hydrogen-bond donors (Lipinski definition) is 10. The predicted octanol–water partition coefficient (Wildman–Crippen LogP) is -4.43. The molecule has 0 bridgehead atoms. The lowest BCUT2D eigenvalue weighted by atomic mass is 9.91. The largest absolute Gasteiger partial charge is 0.481 e. The van der Waals surface area contributed by atoms with E-state index >= 15 is 0 Å². The van der Waals surface area contributed by atoms with E-state index in [1.54, 1.807) is 0 Å². The van der Waals surface area contributed by atoms with Crippen LogP contribution in [-0.4, -0.2) is 149 Å². The summed E-state index contributed by atoms with van der Waals surface area (Å²) in [6.45, 7) is -2.33. The van der Waals surface area contributed by atoms with Crippen molar-refractivity contribution in [2.24, 2.45) is 0 Å². The molecule has 0 spiro atoms. The van der Waals surface area contributed by atoms with Gasteiger partial charge in [0.2, 0.25) is 0 Å². The van der Waals surface area contributed by atoms with Crippen molar-refractivity contribution in [3.63, 3.8) is 0 Å². The van der Waals surface area contributed by atoms with Gasteiger partial charge in [0.25, 0.3) is 11.6 Å². The van der Waals surface area contributed by atoms with E-state index in [1.807, 2.05) is 0 Å². The van der Waals surface area contributed by atoms with Crippen LogP contribution in [-0.2, 0) is 33.3 Å². The van der Waals surface area contributed by atoms with Gasteiger partial charge < -0.3 is 70.0 Å². The maximum Gasteiger partial charge on any atom is 0.364 e. The predicted molar refractivity (Wildman–Crippen MR) is 116 cm³/mol. The van der Waals surface area contributed by atoms with Gasteiger partial charge in [0.1, 0.15) is 36.6 Å². The molecule has 0 aromatic heterocycles. The third kappa shape index (κ3) is 7.33. The fraction of sp³-hybridized carbons (Fsp3) is 0.857. The van der Waals surface area contributed by atoms with E-state index in [2.05, 4.69) is 0 Å². The highest BCUT2D eigenvalue weighted by Gasteiger charge is 2.57. The Morgan fingerprint density at radius 3 is 1.71 bits per heavy atom. The summed E-state index contributed by atoms with van der Waals surface area (Å²) < 4.78 is 21.0. The van der Waals surface area contributed by atoms with Crippen molar-refractivity contribution < 1.29 is 84.4 Å². The highest BCUT2D eigenvalue weighted by Crippen LogP contribution is 2.35. The first-order valence-corrected chi connectivity index (χ1v) is 11.7. The molecular weight excluding hydrogens is 524 g/mol. The van der Waals surface area contributed by atoms with Gasteiger partial charge in [-0.1, -0.05) is 0 Å². The van der Waals surface area contributed by atoms with Gasteiger partial charge in [0, 0.05) is 19.3 Å². The Morgan fingerprint density at radius 2 is 1.26 bits per heavy atom. The lowest BCUT2D eigenvalue weighted by Crippen LogP contribution is -2.65. The summed E-state index contributed by atoms with van der Waals surface area (Å²) in [5, 5.41) is 98.4. The Kier molecular flexibility index (Phi) is 11.3. The van der Waals surface area contributed by atoms with Crippen LogP contribution in [0, 0.1) is 0 Å². The zero-order chi connectivity index (χ0) is 28.8. The van der Waals surface area contributed by atoms with Crippen molar-refractivity contribution in [3.05, 3.63) is 0 Å². The highest BCUT2D eigenvalue weighted by molar-refractivity contribution is 5.76. The molecule has 0 unspecified atom stereocenters. The minimum Gasteiger partial charge on any atom is -0.481 e. The van der Waals surface area contributed by atoms with E-state index in [-0.39, 0.29) is 25.9 Å². The normalized spacial score (nSPS) is 37.3. The average molecular weight is 558 g/mol. The van der Waals surface area contributed by atoms with Crippen molar-refractivity contribution >= 4 is 17.9 Å². The zero-order valence-corrected chi connectivity index (χ0v) is 20.1. The second-order valence-electron chi connectivity index (χ2n) is 9.13. The molecule has 220 valence electrons. The second-order valence-corrected chi connectivity index (χ2v) is 9.13. The molecule has 0 radical (unpaired) electrons. The fourth-order valence-corrected chi connectivity index (χ4v) is 4.14. The number of rotatable bonds is 14. The summed E-state index contributed by atoms with van der Waals surface area (Å²) in [5.41, 5.74) is 0. The van der Waals surface area contributed by atoms with E-state index in [9.17, 15) is 55.2 Å². The minimum absolute atomic E-state index is 0.104. The molecule has 0 aromatic rings. The van der Waals surface area contributed by atoms with E-state index in [0.29, 0.717) is 0 Å². The molecule has 10 atom stereocenters. The van der Waals surface area contributed by atoms with Crippen LogP contribution in [0.2, 0.25) is 0 Å².